The van der Waals surface area contributed by atoms with Gasteiger partial charge in [0.2, 0.25) is 0 Å². The fourth-order valence-electron chi connectivity index (χ4n) is 1.70. The highest BCUT2D eigenvalue weighted by Gasteiger charge is 2.18. The largest absolute Gasteiger partial charge is 0.495 e. The summed E-state index contributed by atoms with van der Waals surface area (Å²) >= 11 is 0. The Balaban J connectivity index is 3.34. The van der Waals surface area contributed by atoms with E-state index in [0.717, 1.165) is 0 Å². The molecule has 0 N–H and O–H groups in total. The highest BCUT2D eigenvalue weighted by molar-refractivity contribution is 5.92. The Bertz CT molecular complexity index is 460. The third-order valence-corrected chi connectivity index (χ3v) is 2.43. The van der Waals surface area contributed by atoms with Gasteiger partial charge in [0, 0.05) is 5.56 Å². The summed E-state index contributed by atoms with van der Waals surface area (Å²) in [4.78, 5) is 11.7. The molecule has 0 aliphatic rings. The molecule has 0 amide bonds. The molecule has 1 rings (SSSR count). The molecule has 4 heteroatoms. The number of rotatable bonds is 4. The van der Waals surface area contributed by atoms with Crippen LogP contribution in [-0.2, 0) is 11.2 Å². The molecule has 0 aliphatic carbocycles. The number of hydrogen-bond acceptors (Lipinski definition) is 4. The van der Waals surface area contributed by atoms with E-state index in [1.165, 1.54) is 7.11 Å². The number of nitriles is 1. The average Bonchev–Trinajstić information content (AvgIpc) is 2.36. The van der Waals surface area contributed by atoms with E-state index in [0.29, 0.717) is 35.5 Å². The molecule has 0 heterocycles. The molecule has 0 unspecified atom stereocenters. The van der Waals surface area contributed by atoms with Crippen LogP contribution >= 0.6 is 0 Å². The third-order valence-electron chi connectivity index (χ3n) is 2.43. The van der Waals surface area contributed by atoms with Crippen molar-refractivity contribution in [1.82, 2.24) is 0 Å². The van der Waals surface area contributed by atoms with Gasteiger partial charge >= 0.3 is 5.97 Å². The van der Waals surface area contributed by atoms with Crippen LogP contribution in [0.25, 0.3) is 0 Å². The average molecular weight is 233 g/mol. The van der Waals surface area contributed by atoms with Crippen LogP contribution in [0.15, 0.2) is 12.1 Å². The lowest BCUT2D eigenvalue weighted by Gasteiger charge is -2.12. The fraction of sp³-hybridized carbons (Fsp3) is 0.385. The van der Waals surface area contributed by atoms with Gasteiger partial charge < -0.3 is 9.47 Å². The first-order valence-electron chi connectivity index (χ1n) is 5.46. The number of carbonyl (C=O) groups excluding carboxylic acids is 1. The molecule has 90 valence electrons. The molecule has 1 aromatic rings. The van der Waals surface area contributed by atoms with Gasteiger partial charge in [0.1, 0.15) is 11.8 Å². The van der Waals surface area contributed by atoms with E-state index in [9.17, 15) is 4.79 Å². The van der Waals surface area contributed by atoms with Crippen molar-refractivity contribution in [3.63, 3.8) is 0 Å². The zero-order valence-corrected chi connectivity index (χ0v) is 10.2. The van der Waals surface area contributed by atoms with Crippen LogP contribution in [0.3, 0.4) is 0 Å². The number of ether oxygens (including phenoxy) is 2. The van der Waals surface area contributed by atoms with Crippen molar-refractivity contribution in [2.45, 2.75) is 20.3 Å². The van der Waals surface area contributed by atoms with Gasteiger partial charge in [-0.15, -0.1) is 0 Å². The first-order valence-corrected chi connectivity index (χ1v) is 5.46. The Morgan fingerprint density at radius 2 is 2.12 bits per heavy atom. The second-order valence-corrected chi connectivity index (χ2v) is 3.36. The minimum Gasteiger partial charge on any atom is -0.495 e. The molecule has 4 nitrogen and oxygen atoms in total. The lowest BCUT2D eigenvalue weighted by molar-refractivity contribution is 0.0524. The second kappa shape index (κ2) is 5.90. The summed E-state index contributed by atoms with van der Waals surface area (Å²) in [5, 5.41) is 8.96. The van der Waals surface area contributed by atoms with Gasteiger partial charge in [-0.2, -0.15) is 5.26 Å². The number of carbonyl (C=O) groups is 1. The van der Waals surface area contributed by atoms with Crippen molar-refractivity contribution in [1.29, 1.82) is 5.26 Å². The maximum atomic E-state index is 11.7. The standard InChI is InChI=1S/C13H15NO3/c1-4-10-11(13(15)17-5-2)7-6-9(8-14)12(10)16-3/h6-7H,4-5H2,1-3H3. The molecular weight excluding hydrogens is 218 g/mol. The first kappa shape index (κ1) is 13.0. The van der Waals surface area contributed by atoms with Crippen LogP contribution in [0.2, 0.25) is 0 Å². The molecule has 0 aliphatic heterocycles. The van der Waals surface area contributed by atoms with Crippen molar-refractivity contribution in [3.8, 4) is 11.8 Å². The minimum atomic E-state index is -0.382. The van der Waals surface area contributed by atoms with Crippen molar-refractivity contribution < 1.29 is 14.3 Å². The van der Waals surface area contributed by atoms with Gasteiger partial charge in [0.15, 0.2) is 0 Å². The molecule has 0 saturated heterocycles. The van der Waals surface area contributed by atoms with Crippen LogP contribution in [-0.4, -0.2) is 19.7 Å². The van der Waals surface area contributed by atoms with E-state index in [2.05, 4.69) is 0 Å². The number of hydrogen-bond donors (Lipinski definition) is 0. The number of esters is 1. The highest BCUT2D eigenvalue weighted by atomic mass is 16.5. The highest BCUT2D eigenvalue weighted by Crippen LogP contribution is 2.27. The third kappa shape index (κ3) is 2.56. The van der Waals surface area contributed by atoms with E-state index >= 15 is 0 Å². The second-order valence-electron chi connectivity index (χ2n) is 3.36. The van der Waals surface area contributed by atoms with Gasteiger partial charge in [-0.05, 0) is 25.5 Å². The minimum absolute atomic E-state index is 0.324. The normalized spacial score (nSPS) is 9.53. The van der Waals surface area contributed by atoms with Gasteiger partial charge in [0.05, 0.1) is 24.8 Å². The van der Waals surface area contributed by atoms with Crippen molar-refractivity contribution in [2.24, 2.45) is 0 Å². The Labute approximate surface area is 101 Å². The van der Waals surface area contributed by atoms with Crippen LogP contribution in [0.1, 0.15) is 35.3 Å². The molecule has 0 atom stereocenters. The molecule has 0 fully saturated rings. The summed E-state index contributed by atoms with van der Waals surface area (Å²) in [7, 11) is 1.49. The van der Waals surface area contributed by atoms with Crippen molar-refractivity contribution in [3.05, 3.63) is 28.8 Å². The monoisotopic (exact) mass is 233 g/mol. The van der Waals surface area contributed by atoms with E-state index in [-0.39, 0.29) is 5.97 Å². The van der Waals surface area contributed by atoms with E-state index in [4.69, 9.17) is 14.7 Å². The fourth-order valence-corrected chi connectivity index (χ4v) is 1.70. The first-order chi connectivity index (χ1) is 8.19. The van der Waals surface area contributed by atoms with Gasteiger partial charge in [-0.3, -0.25) is 0 Å². The molecule has 0 saturated carbocycles. The SMILES string of the molecule is CCOC(=O)c1ccc(C#N)c(OC)c1CC. The van der Waals surface area contributed by atoms with Crippen LogP contribution in [0.4, 0.5) is 0 Å². The van der Waals surface area contributed by atoms with E-state index < -0.39 is 0 Å². The van der Waals surface area contributed by atoms with Crippen molar-refractivity contribution >= 4 is 5.97 Å². The molecule has 0 aromatic heterocycles. The summed E-state index contributed by atoms with van der Waals surface area (Å²) in [6, 6.07) is 5.22. The number of nitrogens with zero attached hydrogens (tertiary/aromatic N) is 1. The maximum Gasteiger partial charge on any atom is 0.338 e. The van der Waals surface area contributed by atoms with Crippen molar-refractivity contribution in [2.75, 3.05) is 13.7 Å². The summed E-state index contributed by atoms with van der Waals surface area (Å²) in [5.41, 5.74) is 1.60. The number of benzene rings is 1. The van der Waals surface area contributed by atoms with E-state index in [1.807, 2.05) is 13.0 Å². The molecule has 0 bridgehead atoms. The molecular formula is C13H15NO3. The molecule has 17 heavy (non-hydrogen) atoms. The lowest BCUT2D eigenvalue weighted by atomic mass is 10.0. The van der Waals surface area contributed by atoms with E-state index in [1.54, 1.807) is 19.1 Å². The Kier molecular flexibility index (Phi) is 4.53. The summed E-state index contributed by atoms with van der Waals surface area (Å²) in [6.45, 7) is 3.98. The Hall–Kier alpha value is -2.02. The molecule has 0 radical (unpaired) electrons. The van der Waals surface area contributed by atoms with Crippen LogP contribution in [0.5, 0.6) is 5.75 Å². The topological polar surface area (TPSA) is 59.3 Å². The Morgan fingerprint density at radius 1 is 1.41 bits per heavy atom. The maximum absolute atomic E-state index is 11.7. The zero-order valence-electron chi connectivity index (χ0n) is 10.2. The summed E-state index contributed by atoms with van der Waals surface area (Å²) < 4.78 is 10.2. The van der Waals surface area contributed by atoms with Gasteiger partial charge in [-0.1, -0.05) is 6.92 Å². The summed E-state index contributed by atoms with van der Waals surface area (Å²) in [6.07, 6.45) is 0.604. The van der Waals surface area contributed by atoms with Gasteiger partial charge in [0.25, 0.3) is 0 Å². The van der Waals surface area contributed by atoms with Crippen LogP contribution < -0.4 is 4.74 Å². The smallest absolute Gasteiger partial charge is 0.338 e. The predicted molar refractivity (Wildman–Crippen MR) is 63.0 cm³/mol. The predicted octanol–water partition coefficient (Wildman–Crippen LogP) is 2.31. The van der Waals surface area contributed by atoms with Gasteiger partial charge in [-0.25, -0.2) is 4.79 Å². The summed E-state index contributed by atoms with van der Waals surface area (Å²) in [5.74, 6) is 0.0766. The van der Waals surface area contributed by atoms with Crippen LogP contribution in [0, 0.1) is 11.3 Å². The Morgan fingerprint density at radius 3 is 2.59 bits per heavy atom. The molecule has 0 spiro atoms. The quantitative estimate of drug-likeness (QED) is 0.749. The lowest BCUT2D eigenvalue weighted by Crippen LogP contribution is -2.09. The number of methoxy groups -OCH3 is 1. The molecule has 1 aromatic carbocycles. The zero-order chi connectivity index (χ0) is 12.8.